The maximum atomic E-state index is 12.4. The smallest absolute Gasteiger partial charge is 0.252 e. The van der Waals surface area contributed by atoms with Gasteiger partial charge in [-0.15, -0.1) is 0 Å². The second-order valence-corrected chi connectivity index (χ2v) is 6.58. The van der Waals surface area contributed by atoms with Gasteiger partial charge >= 0.3 is 0 Å². The molecule has 0 aliphatic carbocycles. The lowest BCUT2D eigenvalue weighted by molar-refractivity contribution is 0.0954. The molecule has 1 amide bonds. The molecule has 1 aliphatic rings. The van der Waals surface area contributed by atoms with Crippen molar-refractivity contribution in [2.75, 3.05) is 51.8 Å². The van der Waals surface area contributed by atoms with Crippen LogP contribution < -0.4 is 15.0 Å². The molecule has 1 aromatic heterocycles. The van der Waals surface area contributed by atoms with Gasteiger partial charge in [-0.2, -0.15) is 0 Å². The van der Waals surface area contributed by atoms with Crippen LogP contribution in [0.2, 0.25) is 0 Å². The van der Waals surface area contributed by atoms with Gasteiger partial charge in [-0.1, -0.05) is 12.1 Å². The summed E-state index contributed by atoms with van der Waals surface area (Å²) >= 11 is 0. The number of nitrogens with one attached hydrogen (secondary N) is 1. The Morgan fingerprint density at radius 3 is 2.77 bits per heavy atom. The second-order valence-electron chi connectivity index (χ2n) is 6.58. The normalized spacial score (nSPS) is 14.9. The predicted octanol–water partition coefficient (Wildman–Crippen LogP) is 1.81. The summed E-state index contributed by atoms with van der Waals surface area (Å²) < 4.78 is 5.23. The fraction of sp³-hybridized carbons (Fsp3) is 0.400. The molecule has 0 unspecified atom stereocenters. The SMILES string of the molecule is COc1cccc(CCNC(=O)c2cncc(N3CCN(C)CC3)c2)c1. The van der Waals surface area contributed by atoms with Crippen LogP contribution in [-0.4, -0.2) is 62.7 Å². The number of rotatable bonds is 6. The fourth-order valence-corrected chi connectivity index (χ4v) is 3.04. The minimum Gasteiger partial charge on any atom is -0.497 e. The monoisotopic (exact) mass is 354 g/mol. The summed E-state index contributed by atoms with van der Waals surface area (Å²) in [5.74, 6) is 0.745. The maximum absolute atomic E-state index is 12.4. The van der Waals surface area contributed by atoms with Crippen LogP contribution in [0.15, 0.2) is 42.7 Å². The quantitative estimate of drug-likeness (QED) is 0.857. The van der Waals surface area contributed by atoms with Crippen molar-refractivity contribution in [3.05, 3.63) is 53.9 Å². The Labute approximate surface area is 154 Å². The fourth-order valence-electron chi connectivity index (χ4n) is 3.04. The Kier molecular flexibility index (Phi) is 6.07. The molecule has 0 radical (unpaired) electrons. The van der Waals surface area contributed by atoms with Gasteiger partial charge in [0.2, 0.25) is 0 Å². The van der Waals surface area contributed by atoms with Crippen LogP contribution in [0.5, 0.6) is 5.75 Å². The Balaban J connectivity index is 1.55. The topological polar surface area (TPSA) is 57.7 Å². The average Bonchev–Trinajstić information content (AvgIpc) is 2.69. The third kappa shape index (κ3) is 4.73. The van der Waals surface area contributed by atoms with Crippen molar-refractivity contribution in [2.24, 2.45) is 0 Å². The summed E-state index contributed by atoms with van der Waals surface area (Å²) in [6, 6.07) is 9.82. The van der Waals surface area contributed by atoms with E-state index in [0.717, 1.165) is 49.6 Å². The molecule has 2 heterocycles. The summed E-state index contributed by atoms with van der Waals surface area (Å²) in [5.41, 5.74) is 2.75. The van der Waals surface area contributed by atoms with Crippen LogP contribution in [-0.2, 0) is 6.42 Å². The molecule has 1 fully saturated rings. The van der Waals surface area contributed by atoms with E-state index in [0.29, 0.717) is 12.1 Å². The van der Waals surface area contributed by atoms with E-state index in [1.54, 1.807) is 13.3 Å². The van der Waals surface area contributed by atoms with E-state index in [-0.39, 0.29) is 5.91 Å². The van der Waals surface area contributed by atoms with E-state index in [9.17, 15) is 4.79 Å². The zero-order chi connectivity index (χ0) is 18.4. The van der Waals surface area contributed by atoms with Crippen LogP contribution in [0.1, 0.15) is 15.9 Å². The molecule has 0 bridgehead atoms. The first-order valence-corrected chi connectivity index (χ1v) is 8.95. The molecule has 6 heteroatoms. The summed E-state index contributed by atoms with van der Waals surface area (Å²) in [5, 5.41) is 2.98. The highest BCUT2D eigenvalue weighted by atomic mass is 16.5. The molecule has 0 saturated carbocycles. The molecule has 26 heavy (non-hydrogen) atoms. The highest BCUT2D eigenvalue weighted by molar-refractivity contribution is 5.94. The number of hydrogen-bond acceptors (Lipinski definition) is 5. The average molecular weight is 354 g/mol. The molecular weight excluding hydrogens is 328 g/mol. The summed E-state index contributed by atoms with van der Waals surface area (Å²) in [7, 11) is 3.78. The van der Waals surface area contributed by atoms with Crippen LogP contribution >= 0.6 is 0 Å². The lowest BCUT2D eigenvalue weighted by atomic mass is 10.1. The molecular formula is C20H26N4O2. The Hall–Kier alpha value is -2.60. The molecule has 0 atom stereocenters. The first-order chi connectivity index (χ1) is 12.7. The molecule has 0 spiro atoms. The molecule has 6 nitrogen and oxygen atoms in total. The number of amides is 1. The van der Waals surface area contributed by atoms with Gasteiger partial charge in [0.1, 0.15) is 5.75 Å². The van der Waals surface area contributed by atoms with E-state index in [1.165, 1.54) is 0 Å². The van der Waals surface area contributed by atoms with Crippen LogP contribution in [0.3, 0.4) is 0 Å². The molecule has 3 rings (SSSR count). The number of ether oxygens (including phenoxy) is 1. The molecule has 2 aromatic rings. The van der Waals surface area contributed by atoms with Gasteiger partial charge in [-0.05, 0) is 37.2 Å². The van der Waals surface area contributed by atoms with Gasteiger partial charge in [-0.3, -0.25) is 9.78 Å². The third-order valence-electron chi connectivity index (χ3n) is 4.69. The lowest BCUT2D eigenvalue weighted by Crippen LogP contribution is -2.44. The third-order valence-corrected chi connectivity index (χ3v) is 4.69. The number of carbonyl (C=O) groups excluding carboxylic acids is 1. The van der Waals surface area contributed by atoms with Crippen LogP contribution in [0.25, 0.3) is 0 Å². The number of nitrogens with zero attached hydrogens (tertiary/aromatic N) is 3. The zero-order valence-electron chi connectivity index (χ0n) is 15.4. The number of hydrogen-bond donors (Lipinski definition) is 1. The highest BCUT2D eigenvalue weighted by Crippen LogP contribution is 2.17. The first kappa shape index (κ1) is 18.2. The van der Waals surface area contributed by atoms with Gasteiger partial charge in [0.15, 0.2) is 0 Å². The van der Waals surface area contributed by atoms with Crippen LogP contribution in [0.4, 0.5) is 5.69 Å². The number of methoxy groups -OCH3 is 1. The molecule has 1 aliphatic heterocycles. The van der Waals surface area contributed by atoms with E-state index in [4.69, 9.17) is 4.74 Å². The minimum absolute atomic E-state index is 0.0867. The number of benzene rings is 1. The molecule has 1 N–H and O–H groups in total. The molecule has 138 valence electrons. The Bertz CT molecular complexity index is 742. The summed E-state index contributed by atoms with van der Waals surface area (Å²) in [6.07, 6.45) is 4.22. The number of carbonyl (C=O) groups is 1. The summed E-state index contributed by atoms with van der Waals surface area (Å²) in [4.78, 5) is 21.3. The number of anilines is 1. The van der Waals surface area contributed by atoms with Crippen molar-refractivity contribution >= 4 is 11.6 Å². The van der Waals surface area contributed by atoms with E-state index >= 15 is 0 Å². The Morgan fingerprint density at radius 1 is 1.19 bits per heavy atom. The standard InChI is InChI=1S/C20H26N4O2/c1-23-8-10-24(11-9-23)18-13-17(14-21-15-18)20(25)22-7-6-16-4-3-5-19(12-16)26-2/h3-5,12-15H,6-11H2,1-2H3,(H,22,25). The van der Waals surface area contributed by atoms with Crippen molar-refractivity contribution in [1.82, 2.24) is 15.2 Å². The van der Waals surface area contributed by atoms with Crippen molar-refractivity contribution in [2.45, 2.75) is 6.42 Å². The van der Waals surface area contributed by atoms with Crippen molar-refractivity contribution in [1.29, 1.82) is 0 Å². The predicted molar refractivity (Wildman–Crippen MR) is 103 cm³/mol. The first-order valence-electron chi connectivity index (χ1n) is 8.95. The zero-order valence-corrected chi connectivity index (χ0v) is 15.4. The molecule has 1 aromatic carbocycles. The van der Waals surface area contributed by atoms with Crippen molar-refractivity contribution in [3.63, 3.8) is 0 Å². The number of aromatic nitrogens is 1. The number of pyridine rings is 1. The number of piperazine rings is 1. The lowest BCUT2D eigenvalue weighted by Gasteiger charge is -2.33. The second kappa shape index (κ2) is 8.67. The van der Waals surface area contributed by atoms with Gasteiger partial charge in [0, 0.05) is 38.9 Å². The largest absolute Gasteiger partial charge is 0.497 e. The molecule has 1 saturated heterocycles. The Morgan fingerprint density at radius 2 is 2.00 bits per heavy atom. The van der Waals surface area contributed by atoms with Gasteiger partial charge < -0.3 is 19.9 Å². The van der Waals surface area contributed by atoms with E-state index in [2.05, 4.69) is 27.1 Å². The van der Waals surface area contributed by atoms with Crippen molar-refractivity contribution in [3.8, 4) is 5.75 Å². The van der Waals surface area contributed by atoms with E-state index in [1.807, 2.05) is 36.5 Å². The maximum Gasteiger partial charge on any atom is 0.252 e. The highest BCUT2D eigenvalue weighted by Gasteiger charge is 2.16. The minimum atomic E-state index is -0.0867. The van der Waals surface area contributed by atoms with Gasteiger partial charge in [0.25, 0.3) is 5.91 Å². The van der Waals surface area contributed by atoms with Gasteiger partial charge in [0.05, 0.1) is 24.6 Å². The van der Waals surface area contributed by atoms with Crippen molar-refractivity contribution < 1.29 is 9.53 Å². The van der Waals surface area contributed by atoms with E-state index < -0.39 is 0 Å². The summed E-state index contributed by atoms with van der Waals surface area (Å²) in [6.45, 7) is 4.54. The van der Waals surface area contributed by atoms with Gasteiger partial charge in [-0.25, -0.2) is 0 Å². The number of likely N-dealkylation sites (N-methyl/N-ethyl adjacent to an activating group) is 1. The van der Waals surface area contributed by atoms with Crippen LogP contribution in [0, 0.1) is 0 Å².